The number of carbonyl (C=O) groups excluding carboxylic acids is 1. The molecule has 0 atom stereocenters. The summed E-state index contributed by atoms with van der Waals surface area (Å²) in [5, 5.41) is 14.4. The monoisotopic (exact) mass is 298 g/mol. The van der Waals surface area contributed by atoms with Crippen molar-refractivity contribution in [3.63, 3.8) is 0 Å². The number of nitrogens with zero attached hydrogens (tertiary/aromatic N) is 3. The lowest BCUT2D eigenvalue weighted by Gasteiger charge is -2.07. The molecule has 8 nitrogen and oxygen atoms in total. The quantitative estimate of drug-likeness (QED) is 0.432. The molecular formula is C11H15ClN6O2. The van der Waals surface area contributed by atoms with Crippen LogP contribution < -0.4 is 10.6 Å². The van der Waals surface area contributed by atoms with Crippen LogP contribution >= 0.6 is 11.6 Å². The number of halogens is 1. The molecule has 2 aromatic heterocycles. The van der Waals surface area contributed by atoms with Gasteiger partial charge in [0, 0.05) is 26.1 Å². The molecule has 2 rings (SSSR count). The highest BCUT2D eigenvalue weighted by atomic mass is 35.5. The second-order valence-electron chi connectivity index (χ2n) is 4.05. The largest absolute Gasteiger partial charge is 0.396 e. The standard InChI is InChI=1S/C11H15ClN6O2/c12-11-17-9(8-10(18-11)16-6-15-8)14-4-2-7(20)13-3-1-5-19/h6,19H,1-5H2,(H,13,20)(H2,14,15,16,17,18). The van der Waals surface area contributed by atoms with Gasteiger partial charge in [0.25, 0.3) is 0 Å². The third-order valence-corrected chi connectivity index (χ3v) is 2.73. The molecule has 0 spiro atoms. The second kappa shape index (κ2) is 7.01. The van der Waals surface area contributed by atoms with Crippen molar-refractivity contribution < 1.29 is 9.90 Å². The first-order chi connectivity index (χ1) is 9.70. The zero-order valence-corrected chi connectivity index (χ0v) is 11.4. The van der Waals surface area contributed by atoms with Gasteiger partial charge in [-0.25, -0.2) is 4.98 Å². The fourth-order valence-electron chi connectivity index (χ4n) is 1.62. The van der Waals surface area contributed by atoms with Gasteiger partial charge in [-0.1, -0.05) is 0 Å². The zero-order chi connectivity index (χ0) is 14.4. The van der Waals surface area contributed by atoms with E-state index in [1.54, 1.807) is 0 Å². The molecule has 0 aliphatic heterocycles. The van der Waals surface area contributed by atoms with Crippen LogP contribution in [0.1, 0.15) is 12.8 Å². The minimum absolute atomic E-state index is 0.0652. The fourth-order valence-corrected chi connectivity index (χ4v) is 1.79. The van der Waals surface area contributed by atoms with E-state index >= 15 is 0 Å². The normalized spacial score (nSPS) is 10.7. The molecule has 0 aliphatic rings. The van der Waals surface area contributed by atoms with Crippen LogP contribution in [0.15, 0.2) is 6.33 Å². The highest BCUT2D eigenvalue weighted by Crippen LogP contribution is 2.18. The van der Waals surface area contributed by atoms with E-state index in [0.29, 0.717) is 42.9 Å². The molecule has 0 unspecified atom stereocenters. The average molecular weight is 299 g/mol. The minimum Gasteiger partial charge on any atom is -0.396 e. The van der Waals surface area contributed by atoms with Crippen LogP contribution in [0.2, 0.25) is 5.28 Å². The Kier molecular flexibility index (Phi) is 5.08. The molecule has 9 heteroatoms. The lowest BCUT2D eigenvalue weighted by atomic mass is 10.3. The molecular weight excluding hydrogens is 284 g/mol. The van der Waals surface area contributed by atoms with Gasteiger partial charge >= 0.3 is 0 Å². The van der Waals surface area contributed by atoms with Crippen LogP contribution in [0.3, 0.4) is 0 Å². The predicted octanol–water partition coefficient (Wildman–Crippen LogP) is 0.307. The Bertz CT molecular complexity index is 587. The summed E-state index contributed by atoms with van der Waals surface area (Å²) in [4.78, 5) is 26.4. The highest BCUT2D eigenvalue weighted by molar-refractivity contribution is 6.28. The molecule has 1 amide bonds. The van der Waals surface area contributed by atoms with Crippen molar-refractivity contribution in [1.29, 1.82) is 0 Å². The third kappa shape index (κ3) is 3.78. The zero-order valence-electron chi connectivity index (χ0n) is 10.7. The number of fused-ring (bicyclic) bond motifs is 1. The first-order valence-electron chi connectivity index (χ1n) is 6.18. The summed E-state index contributed by atoms with van der Waals surface area (Å²) in [6, 6.07) is 0. The van der Waals surface area contributed by atoms with E-state index < -0.39 is 0 Å². The van der Waals surface area contributed by atoms with Gasteiger partial charge in [-0.3, -0.25) is 4.79 Å². The molecule has 2 aromatic rings. The van der Waals surface area contributed by atoms with Crippen molar-refractivity contribution in [3.8, 4) is 0 Å². The van der Waals surface area contributed by atoms with E-state index in [0.717, 1.165) is 0 Å². The summed E-state index contributed by atoms with van der Waals surface area (Å²) < 4.78 is 0. The van der Waals surface area contributed by atoms with E-state index in [1.807, 2.05) is 0 Å². The molecule has 4 N–H and O–H groups in total. The number of aromatic nitrogens is 4. The van der Waals surface area contributed by atoms with Gasteiger partial charge in [0.1, 0.15) is 5.52 Å². The van der Waals surface area contributed by atoms with Crippen LogP contribution in [0, 0.1) is 0 Å². The number of amides is 1. The summed E-state index contributed by atoms with van der Waals surface area (Å²) >= 11 is 5.79. The summed E-state index contributed by atoms with van der Waals surface area (Å²) in [6.45, 7) is 0.946. The van der Waals surface area contributed by atoms with Crippen LogP contribution in [0.4, 0.5) is 5.82 Å². The van der Waals surface area contributed by atoms with E-state index in [9.17, 15) is 4.79 Å². The first kappa shape index (κ1) is 14.5. The van der Waals surface area contributed by atoms with Gasteiger partial charge in [-0.05, 0) is 18.0 Å². The lowest BCUT2D eigenvalue weighted by Crippen LogP contribution is -2.26. The van der Waals surface area contributed by atoms with Crippen LogP contribution in [0.5, 0.6) is 0 Å². The number of hydrogen-bond donors (Lipinski definition) is 4. The molecule has 2 heterocycles. The highest BCUT2D eigenvalue weighted by Gasteiger charge is 2.09. The van der Waals surface area contributed by atoms with Crippen LogP contribution in [0.25, 0.3) is 11.2 Å². The summed E-state index contributed by atoms with van der Waals surface area (Å²) in [5.41, 5.74) is 1.12. The van der Waals surface area contributed by atoms with Crippen molar-refractivity contribution in [2.45, 2.75) is 12.8 Å². The Morgan fingerprint density at radius 1 is 1.40 bits per heavy atom. The lowest BCUT2D eigenvalue weighted by molar-refractivity contribution is -0.120. The Hall–Kier alpha value is -1.93. The summed E-state index contributed by atoms with van der Waals surface area (Å²) in [7, 11) is 0. The van der Waals surface area contributed by atoms with Gasteiger partial charge in [-0.2, -0.15) is 9.97 Å². The topological polar surface area (TPSA) is 116 Å². The fraction of sp³-hybridized carbons (Fsp3) is 0.455. The van der Waals surface area contributed by atoms with E-state index in [4.69, 9.17) is 16.7 Å². The number of anilines is 1. The molecule has 0 aliphatic carbocycles. The maximum atomic E-state index is 11.5. The van der Waals surface area contributed by atoms with Gasteiger partial charge in [-0.15, -0.1) is 0 Å². The van der Waals surface area contributed by atoms with E-state index in [2.05, 4.69) is 30.6 Å². The van der Waals surface area contributed by atoms with Crippen molar-refractivity contribution in [2.24, 2.45) is 0 Å². The molecule has 20 heavy (non-hydrogen) atoms. The van der Waals surface area contributed by atoms with Crippen molar-refractivity contribution in [1.82, 2.24) is 25.3 Å². The number of aromatic amines is 1. The van der Waals surface area contributed by atoms with Crippen LogP contribution in [-0.4, -0.2) is 50.6 Å². The third-order valence-electron chi connectivity index (χ3n) is 2.56. The maximum absolute atomic E-state index is 11.5. The number of carbonyl (C=O) groups is 1. The minimum atomic E-state index is -0.0908. The van der Waals surface area contributed by atoms with Gasteiger partial charge < -0.3 is 20.7 Å². The molecule has 0 saturated carbocycles. The number of imidazole rings is 1. The van der Waals surface area contributed by atoms with Gasteiger partial charge in [0.2, 0.25) is 11.2 Å². The number of aliphatic hydroxyl groups is 1. The number of rotatable bonds is 7. The number of nitrogens with one attached hydrogen (secondary N) is 3. The molecule has 0 fully saturated rings. The number of aliphatic hydroxyl groups excluding tert-OH is 1. The van der Waals surface area contributed by atoms with Crippen LogP contribution in [-0.2, 0) is 4.79 Å². The first-order valence-corrected chi connectivity index (χ1v) is 6.56. The molecule has 0 aromatic carbocycles. The Morgan fingerprint density at radius 3 is 3.05 bits per heavy atom. The maximum Gasteiger partial charge on any atom is 0.226 e. The van der Waals surface area contributed by atoms with Gasteiger partial charge in [0.05, 0.1) is 6.33 Å². The Balaban J connectivity index is 1.86. The average Bonchev–Trinajstić information content (AvgIpc) is 2.87. The number of H-pyrrole nitrogens is 1. The second-order valence-corrected chi connectivity index (χ2v) is 4.38. The molecule has 0 radical (unpaired) electrons. The predicted molar refractivity (Wildman–Crippen MR) is 74.5 cm³/mol. The van der Waals surface area contributed by atoms with Crippen molar-refractivity contribution in [2.75, 3.05) is 25.0 Å². The van der Waals surface area contributed by atoms with E-state index in [-0.39, 0.29) is 17.8 Å². The van der Waals surface area contributed by atoms with Crippen molar-refractivity contribution in [3.05, 3.63) is 11.6 Å². The Morgan fingerprint density at radius 2 is 2.25 bits per heavy atom. The summed E-state index contributed by atoms with van der Waals surface area (Å²) in [5.74, 6) is 0.424. The molecule has 0 saturated heterocycles. The van der Waals surface area contributed by atoms with Crippen molar-refractivity contribution >= 4 is 34.5 Å². The number of hydrogen-bond acceptors (Lipinski definition) is 6. The van der Waals surface area contributed by atoms with Gasteiger partial charge in [0.15, 0.2) is 11.5 Å². The molecule has 0 bridgehead atoms. The SMILES string of the molecule is O=C(CCNc1nc(Cl)nc2nc[nH]c12)NCCCO. The van der Waals surface area contributed by atoms with E-state index in [1.165, 1.54) is 6.33 Å². The molecule has 108 valence electrons. The summed E-state index contributed by atoms with van der Waals surface area (Å²) in [6.07, 6.45) is 2.35. The smallest absolute Gasteiger partial charge is 0.226 e. The Labute approximate surface area is 120 Å².